The minimum atomic E-state index is -0.342. The van der Waals surface area contributed by atoms with Gasteiger partial charge in [0.15, 0.2) is 0 Å². The van der Waals surface area contributed by atoms with Crippen molar-refractivity contribution in [1.82, 2.24) is 74.4 Å². The van der Waals surface area contributed by atoms with Gasteiger partial charge in [0, 0.05) is 141 Å². The first-order valence-electron chi connectivity index (χ1n) is 36.7. The average Bonchev–Trinajstić information content (AvgIpc) is 1.59. The molecule has 10 aromatic heterocycles. The Hall–Kier alpha value is -11.8. The quantitative estimate of drug-likeness (QED) is 0.0473. The fraction of sp³-hybridized carbons (Fsp3) is 0.296. The summed E-state index contributed by atoms with van der Waals surface area (Å²) in [6, 6.07) is 30.0. The van der Waals surface area contributed by atoms with E-state index in [2.05, 4.69) is 139 Å². The van der Waals surface area contributed by atoms with Crippen LogP contribution >= 0.6 is 11.6 Å². The van der Waals surface area contributed by atoms with Crippen LogP contribution in [0.1, 0.15) is 74.5 Å². The van der Waals surface area contributed by atoms with E-state index in [-0.39, 0.29) is 47.4 Å². The van der Waals surface area contributed by atoms with Gasteiger partial charge in [-0.1, -0.05) is 23.7 Å². The van der Waals surface area contributed by atoms with Crippen LogP contribution in [-0.2, 0) is 29.1 Å². The molecule has 0 bridgehead atoms. The summed E-state index contributed by atoms with van der Waals surface area (Å²) in [5.74, 6) is 1.24. The smallest absolute Gasteiger partial charge is 0.254 e. The third kappa shape index (κ3) is 14.7. The van der Waals surface area contributed by atoms with Gasteiger partial charge in [-0.25, -0.2) is 29.3 Å². The predicted molar refractivity (Wildman–Crippen MR) is 423 cm³/mol. The average molecular weight is 1500 g/mol. The van der Waals surface area contributed by atoms with Crippen molar-refractivity contribution in [3.63, 3.8) is 0 Å². The van der Waals surface area contributed by atoms with Crippen LogP contribution in [0.25, 0.3) is 56.0 Å². The lowest BCUT2D eigenvalue weighted by molar-refractivity contribution is -0.0484. The van der Waals surface area contributed by atoms with E-state index < -0.39 is 0 Å². The number of anilines is 9. The largest absolute Gasteiger partial charge is 0.393 e. The topological polar surface area (TPSA) is 290 Å². The van der Waals surface area contributed by atoms with Crippen LogP contribution in [0, 0.1) is 5.82 Å². The van der Waals surface area contributed by atoms with Crippen molar-refractivity contribution >= 4 is 103 Å². The van der Waals surface area contributed by atoms with Crippen LogP contribution in [0.3, 0.4) is 0 Å². The summed E-state index contributed by atoms with van der Waals surface area (Å²) >= 11 is 6.13. The third-order valence-electron chi connectivity index (χ3n) is 21.4. The molecule has 562 valence electrons. The van der Waals surface area contributed by atoms with E-state index in [1.807, 2.05) is 119 Å². The number of ether oxygens (including phenoxy) is 2. The fourth-order valence-corrected chi connectivity index (χ4v) is 15.2. The highest BCUT2D eigenvalue weighted by molar-refractivity contribution is 6.30. The predicted octanol–water partition coefficient (Wildman–Crippen LogP) is 10.9. The van der Waals surface area contributed by atoms with Gasteiger partial charge in [-0.2, -0.15) is 0 Å². The van der Waals surface area contributed by atoms with Gasteiger partial charge in [0.25, 0.3) is 17.7 Å². The number of nitrogens with one attached hydrogen (secondary N) is 6. The van der Waals surface area contributed by atoms with Crippen molar-refractivity contribution in [3.05, 3.63) is 209 Å². The highest BCUT2D eigenvalue weighted by Crippen LogP contribution is 2.40. The van der Waals surface area contributed by atoms with Gasteiger partial charge in [-0.05, 0) is 139 Å². The van der Waals surface area contributed by atoms with Crippen molar-refractivity contribution in [2.75, 3.05) is 118 Å². The number of aliphatic hydroxyl groups excluding tert-OH is 1. The molecule has 3 amide bonds. The monoisotopic (exact) mass is 1500 g/mol. The standard InChI is InChI=1S/C29H32FN7O2.C27H28ClN7O2.C25H23N7O2/c1-29(2,35(3)4)24-17-36(11-12-39-24)19-5-8-25(31-14-19)34-22-7-6-20(21-15-33-28(38)27(21)22)23-16-32-26-13-18(30)9-10-37(23)26;1-33(2)15-19-16-34(9-10-37-19)18-3-6-24(29-12-18)32-22-5-4-20(21-13-31-27(36)26(21)22)23-14-30-25-11-17(28)7-8-35(23)25;33-16-5-9-32(10-6-16)15-1-2-22(28-11-15)31-21-14-29-24(19-12-30-25(34)23(19)21)18-4-8-27-20-13-26-7-3-17(18)20/h5-10,13-14,16,24H,11-12,15,17H2,1-4H3,(H,31,34)(H,33,38);3-8,11-12,14,19H,9-10,13,15-16H2,1-2H3,(H,29,32)(H,31,36);1-4,7-8,11,13-14,16,33H,5-6,9-10,12H2,(H,28,31)(H,30,34)/t24-;19-;/m11./s1. The summed E-state index contributed by atoms with van der Waals surface area (Å²) < 4.78 is 29.5. The molecule has 6 aliphatic heterocycles. The summed E-state index contributed by atoms with van der Waals surface area (Å²) in [5, 5.41) is 30.1. The molecule has 2 atom stereocenters. The molecule has 0 radical (unpaired) electrons. The van der Waals surface area contributed by atoms with Gasteiger partial charge in [-0.15, -0.1) is 0 Å². The van der Waals surface area contributed by atoms with Gasteiger partial charge in [0.2, 0.25) is 0 Å². The Bertz CT molecular complexity index is 5460. The zero-order valence-electron chi connectivity index (χ0n) is 61.7. The Kier molecular flexibility index (Phi) is 20.2. The zero-order valence-corrected chi connectivity index (χ0v) is 62.4. The molecule has 18 rings (SSSR count). The van der Waals surface area contributed by atoms with E-state index >= 15 is 0 Å². The maximum atomic E-state index is 13.7. The molecule has 29 heteroatoms. The molecule has 3 fully saturated rings. The summed E-state index contributed by atoms with van der Waals surface area (Å²) in [6.45, 7) is 12.8. The molecule has 0 aliphatic carbocycles. The number of aromatic nitrogens is 10. The number of fused-ring (bicyclic) bond motifs is 6. The molecule has 6 aliphatic rings. The number of carbonyl (C=O) groups is 3. The number of amides is 3. The van der Waals surface area contributed by atoms with Crippen molar-refractivity contribution < 1.29 is 33.4 Å². The fourth-order valence-electron chi connectivity index (χ4n) is 15.0. The molecule has 0 saturated carbocycles. The molecule has 27 nitrogen and oxygen atoms in total. The molecule has 110 heavy (non-hydrogen) atoms. The SMILES string of the molecule is CN(C)C(C)(C)[C@H]1CN(c2ccc(Nc3ccc(-c4cnc5cc(F)ccn45)c4c3C(=O)NC4)nc2)CCO1.CN(C)C[C@@H]1CN(c2ccc(Nc3ccc(-c4cnc5cc(Cl)ccn45)c4c3C(=O)NC4)nc2)CCO1.O=C1NCc2c(-c3ccnc4cnccc34)ncc(Nc3ccc(N4CCC(O)CC4)cn3)c21. The maximum Gasteiger partial charge on any atom is 0.254 e. The number of morpholine rings is 2. The lowest BCUT2D eigenvalue weighted by Crippen LogP contribution is -2.57. The summed E-state index contributed by atoms with van der Waals surface area (Å²) in [5.41, 5.74) is 16.8. The molecule has 3 saturated heterocycles. The second-order valence-electron chi connectivity index (χ2n) is 29.0. The van der Waals surface area contributed by atoms with E-state index in [4.69, 9.17) is 26.1 Å². The van der Waals surface area contributed by atoms with Gasteiger partial charge in [-0.3, -0.25) is 38.1 Å². The summed E-state index contributed by atoms with van der Waals surface area (Å²) in [6.07, 6.45) is 21.1. The number of halogens is 2. The van der Waals surface area contributed by atoms with E-state index in [1.165, 1.54) is 12.1 Å². The second kappa shape index (κ2) is 30.7. The van der Waals surface area contributed by atoms with Crippen molar-refractivity contribution in [2.24, 2.45) is 0 Å². The van der Waals surface area contributed by atoms with Crippen LogP contribution in [0.2, 0.25) is 5.02 Å². The Balaban J connectivity index is 0.000000126. The van der Waals surface area contributed by atoms with E-state index in [1.54, 1.807) is 37.2 Å². The van der Waals surface area contributed by atoms with Crippen LogP contribution in [0.5, 0.6) is 0 Å². The highest BCUT2D eigenvalue weighted by Gasteiger charge is 2.37. The Morgan fingerprint density at radius 2 is 1.10 bits per heavy atom. The van der Waals surface area contributed by atoms with Crippen molar-refractivity contribution in [2.45, 2.75) is 70.2 Å². The summed E-state index contributed by atoms with van der Waals surface area (Å²) in [7, 11) is 8.27. The number of piperidine rings is 1. The number of pyridine rings is 8. The Morgan fingerprint density at radius 3 is 1.68 bits per heavy atom. The van der Waals surface area contributed by atoms with E-state index in [9.17, 15) is 23.9 Å². The van der Waals surface area contributed by atoms with Crippen LogP contribution in [-0.4, -0.2) is 192 Å². The minimum Gasteiger partial charge on any atom is -0.393 e. The van der Waals surface area contributed by atoms with E-state index in [0.717, 1.165) is 148 Å². The third-order valence-corrected chi connectivity index (χ3v) is 21.6. The number of carbonyl (C=O) groups excluding carboxylic acids is 3. The number of nitrogens with zero attached hydrogens (tertiary/aromatic N) is 15. The molecule has 0 spiro atoms. The first-order valence-corrected chi connectivity index (χ1v) is 37.0. The second-order valence-corrected chi connectivity index (χ2v) is 29.4. The zero-order chi connectivity index (χ0) is 75.9. The Morgan fingerprint density at radius 1 is 0.555 bits per heavy atom. The number of likely N-dealkylation sites (N-methyl/N-ethyl adjacent to an activating group) is 2. The molecule has 16 heterocycles. The van der Waals surface area contributed by atoms with Gasteiger partial charge in [0.05, 0.1) is 148 Å². The number of rotatable bonds is 16. The Labute approximate surface area is 638 Å². The number of hydrogen-bond acceptors (Lipinski definition) is 22. The molecule has 12 aromatic rings. The lowest BCUT2D eigenvalue weighted by atomic mass is 9.94. The van der Waals surface area contributed by atoms with Crippen molar-refractivity contribution in [3.8, 4) is 33.8 Å². The molecule has 2 aromatic carbocycles. The highest BCUT2D eigenvalue weighted by atomic mass is 35.5. The van der Waals surface area contributed by atoms with Gasteiger partial charge < -0.3 is 71.0 Å². The van der Waals surface area contributed by atoms with Crippen molar-refractivity contribution in [1.29, 1.82) is 0 Å². The van der Waals surface area contributed by atoms with Gasteiger partial charge in [0.1, 0.15) is 34.6 Å². The van der Waals surface area contributed by atoms with Gasteiger partial charge >= 0.3 is 0 Å². The number of hydrogen-bond donors (Lipinski definition) is 7. The lowest BCUT2D eigenvalue weighted by Gasteiger charge is -2.45. The molecular weight excluding hydrogens is 1420 g/mol. The summed E-state index contributed by atoms with van der Waals surface area (Å²) in [4.78, 5) is 85.6. The number of benzene rings is 2. The minimum absolute atomic E-state index is 0.0746. The molecular formula is C81H83ClFN21O6. The van der Waals surface area contributed by atoms with Crippen LogP contribution < -0.4 is 46.6 Å². The molecule has 7 N–H and O–H groups in total. The maximum absolute atomic E-state index is 13.7. The van der Waals surface area contributed by atoms with Crippen LogP contribution in [0.15, 0.2) is 165 Å². The first kappa shape index (κ1) is 72.4. The van der Waals surface area contributed by atoms with Crippen LogP contribution in [0.4, 0.5) is 56.0 Å². The number of imidazole rings is 2. The van der Waals surface area contributed by atoms with E-state index in [0.29, 0.717) is 89.0 Å². The normalized spacial score (nSPS) is 17.0. The molecule has 0 unspecified atom stereocenters. The first-order chi connectivity index (χ1) is 53.3. The number of aliphatic hydroxyl groups is 1.